The summed E-state index contributed by atoms with van der Waals surface area (Å²) in [5.74, 6) is 0. The van der Waals surface area contributed by atoms with Crippen molar-refractivity contribution in [3.63, 3.8) is 0 Å². The molecule has 0 fully saturated rings. The van der Waals surface area contributed by atoms with Crippen molar-refractivity contribution in [2.24, 2.45) is 0 Å². The van der Waals surface area contributed by atoms with E-state index in [1.807, 2.05) is 0 Å². The molecule has 0 aliphatic carbocycles. The predicted molar refractivity (Wildman–Crippen MR) is 9.05 cm³/mol. The first-order valence-electron chi connectivity index (χ1n) is 0.408. The Morgan fingerprint density at radius 2 is 1.00 bits per heavy atom. The van der Waals surface area contributed by atoms with Gasteiger partial charge in [0.15, 0.2) is 0 Å². The molecule has 0 atom stereocenters. The van der Waals surface area contributed by atoms with Crippen molar-refractivity contribution in [1.29, 1.82) is 0 Å². The highest BCUT2D eigenvalue weighted by atomic mass is 35.5. The van der Waals surface area contributed by atoms with Gasteiger partial charge in [0, 0.05) is 0 Å². The van der Waals surface area contributed by atoms with Crippen LogP contribution in [0.15, 0.2) is 0 Å². The molecular formula is CH4Cl2N-. The summed E-state index contributed by atoms with van der Waals surface area (Å²) in [6, 6.07) is 0. The summed E-state index contributed by atoms with van der Waals surface area (Å²) in [6.45, 7) is 2.75. The van der Waals surface area contributed by atoms with Crippen LogP contribution in [0, 0.1) is 0 Å². The van der Waals surface area contributed by atoms with Gasteiger partial charge in [-0.05, 0) is 0 Å². The van der Waals surface area contributed by atoms with Crippen LogP contribution in [0.4, 0.5) is 0 Å². The highest BCUT2D eigenvalue weighted by molar-refractivity contribution is 5.10. The molecule has 1 nitrogen and oxygen atoms in total. The van der Waals surface area contributed by atoms with Crippen molar-refractivity contribution in [1.82, 2.24) is 0 Å². The van der Waals surface area contributed by atoms with Crippen LogP contribution in [-0.2, 0) is 0 Å². The van der Waals surface area contributed by atoms with Gasteiger partial charge in [-0.3, -0.25) is 5.41 Å². The molecule has 0 aliphatic heterocycles. The van der Waals surface area contributed by atoms with Crippen LogP contribution < -0.4 is 30.2 Å². The van der Waals surface area contributed by atoms with Crippen molar-refractivity contribution in [2.75, 3.05) is 0 Å². The van der Waals surface area contributed by atoms with Gasteiger partial charge in [-0.1, -0.05) is 0 Å². The van der Waals surface area contributed by atoms with E-state index in [1.54, 1.807) is 0 Å². The number of nitrogens with two attached hydrogens (primary N) is 1. The number of halogens is 2. The summed E-state index contributed by atoms with van der Waals surface area (Å²) < 4.78 is 0. The van der Waals surface area contributed by atoms with Crippen LogP contribution in [0.1, 0.15) is 0 Å². The first-order valence-corrected chi connectivity index (χ1v) is 0.408. The zero-order valence-corrected chi connectivity index (χ0v) is 3.55. The van der Waals surface area contributed by atoms with E-state index in [9.17, 15) is 0 Å². The van der Waals surface area contributed by atoms with E-state index in [4.69, 9.17) is 0 Å². The lowest BCUT2D eigenvalue weighted by molar-refractivity contribution is -0.0980. The summed E-state index contributed by atoms with van der Waals surface area (Å²) in [4.78, 5) is 0. The van der Waals surface area contributed by atoms with Gasteiger partial charge in [0.05, 0.1) is 0 Å². The molecule has 4 heavy (non-hydrogen) atoms. The van der Waals surface area contributed by atoms with E-state index in [0.717, 1.165) is 0 Å². The van der Waals surface area contributed by atoms with Crippen LogP contribution in [0.5, 0.6) is 0 Å². The third kappa shape index (κ3) is 56.3. The number of rotatable bonds is 0. The van der Waals surface area contributed by atoms with Gasteiger partial charge >= 0.3 is 0 Å². The van der Waals surface area contributed by atoms with Gasteiger partial charge in [0.25, 0.3) is 0 Å². The summed E-state index contributed by atoms with van der Waals surface area (Å²) in [7, 11) is 0. The summed E-state index contributed by atoms with van der Waals surface area (Å²) in [6.07, 6.45) is 0. The summed E-state index contributed by atoms with van der Waals surface area (Å²) in [5, 5.41) is 4.25. The molecule has 0 unspecified atom stereocenters. The molecule has 0 saturated heterocycles. The average Bonchev–Trinajstić information content (AvgIpc) is 1.00. The maximum Gasteiger partial charge on any atom is 0.123 e. The van der Waals surface area contributed by atoms with Gasteiger partial charge in [-0.15, -0.1) is 0 Å². The molecule has 0 heterocycles. The second-order valence-electron chi connectivity index (χ2n) is 0. The molecule has 0 bridgehead atoms. The first-order chi connectivity index (χ1) is 1.00. The first kappa shape index (κ1) is 28.7. The Morgan fingerprint density at radius 1 is 1.00 bits per heavy atom. The van der Waals surface area contributed by atoms with Gasteiger partial charge in [-0.25, -0.2) is 0 Å². The monoisotopic (exact) mass is 100.0 g/mol. The molecule has 3 heteroatoms. The van der Waals surface area contributed by atoms with E-state index < -0.39 is 0 Å². The van der Waals surface area contributed by atoms with Crippen LogP contribution in [0.25, 0.3) is 0 Å². The average molecular weight is 101 g/mol. The van der Waals surface area contributed by atoms with Crippen molar-refractivity contribution < 1.29 is 30.2 Å². The number of hydrogen-bond acceptors (Lipinski definition) is 0. The van der Waals surface area contributed by atoms with Crippen LogP contribution in [0.3, 0.4) is 0 Å². The Bertz CT molecular complexity index is 6.00. The Labute approximate surface area is 37.7 Å². The molecule has 0 spiro atoms. The van der Waals surface area contributed by atoms with E-state index in [0.29, 0.717) is 0 Å². The fourth-order valence-corrected chi connectivity index (χ4v) is 0. The lowest BCUT2D eigenvalue weighted by Crippen LogP contribution is -3.00. The minimum Gasteiger partial charge on any atom is -1.00 e. The molecule has 0 aromatic rings. The van der Waals surface area contributed by atoms with Crippen molar-refractivity contribution in [3.05, 3.63) is 0 Å². The Balaban J connectivity index is -0.00000000500. The van der Waals surface area contributed by atoms with Crippen LogP contribution in [-0.4, -0.2) is 6.72 Å². The standard InChI is InChI=1S/CH3N.2ClH/c1-2;;/h2H,1H2;2*1H/p-1. The quantitative estimate of drug-likeness (QED) is 0.293. The lowest BCUT2D eigenvalue weighted by Gasteiger charge is -1.00. The van der Waals surface area contributed by atoms with E-state index >= 15 is 0 Å². The summed E-state index contributed by atoms with van der Waals surface area (Å²) in [5.41, 5.74) is 0. The maximum atomic E-state index is 4.25. The third-order valence-electron chi connectivity index (χ3n) is 0. The summed E-state index contributed by atoms with van der Waals surface area (Å²) >= 11 is 0. The van der Waals surface area contributed by atoms with E-state index in [-0.39, 0.29) is 24.8 Å². The lowest BCUT2D eigenvalue weighted by atomic mass is 11.8. The molecule has 2 N–H and O–H groups in total. The predicted octanol–water partition coefficient (Wildman–Crippen LogP) is -7.55. The zero-order valence-electron chi connectivity index (χ0n) is 2.04. The SMILES string of the molecule is C=[NH2+].[Cl-].[Cl-]. The van der Waals surface area contributed by atoms with Crippen molar-refractivity contribution >= 4 is 6.72 Å². The molecule has 0 aromatic heterocycles. The van der Waals surface area contributed by atoms with Crippen molar-refractivity contribution in [2.45, 2.75) is 0 Å². The fourth-order valence-electron chi connectivity index (χ4n) is 0. The molecule has 0 aliphatic rings. The minimum atomic E-state index is 0. The van der Waals surface area contributed by atoms with Crippen LogP contribution in [0.2, 0.25) is 0 Å². The minimum absolute atomic E-state index is 0. The topological polar surface area (TPSA) is 25.6 Å². The molecular weight excluding hydrogens is 96.9 g/mol. The highest BCUT2D eigenvalue weighted by Crippen LogP contribution is -0.0193. The highest BCUT2D eigenvalue weighted by Gasteiger charge is 0.662. The molecule has 0 aromatic carbocycles. The maximum absolute atomic E-state index is 4.25. The second kappa shape index (κ2) is 263. The largest absolute Gasteiger partial charge is 1.00 e. The molecule has 28 valence electrons. The Kier molecular flexibility index (Phi) is 1890. The van der Waals surface area contributed by atoms with E-state index in [1.165, 1.54) is 0 Å². The van der Waals surface area contributed by atoms with Gasteiger partial charge < -0.3 is 24.8 Å². The van der Waals surface area contributed by atoms with Crippen LogP contribution >= 0.6 is 0 Å². The van der Waals surface area contributed by atoms with Crippen molar-refractivity contribution in [3.8, 4) is 0 Å². The molecule has 0 amide bonds. The Hall–Kier alpha value is 0.250. The molecule has 0 saturated carbocycles. The molecule has 0 radical (unpaired) electrons. The number of hydrogen-bond donors (Lipinski definition) is 1. The van der Waals surface area contributed by atoms with Gasteiger partial charge in [0.2, 0.25) is 0 Å². The normalized spacial score (nSPS) is 1.00. The molecule has 0 rings (SSSR count). The van der Waals surface area contributed by atoms with E-state index in [2.05, 4.69) is 12.1 Å². The van der Waals surface area contributed by atoms with Gasteiger partial charge in [0.1, 0.15) is 6.72 Å². The zero-order chi connectivity index (χ0) is 2.00. The Morgan fingerprint density at radius 3 is 1.00 bits per heavy atom. The second-order valence-corrected chi connectivity index (χ2v) is 0. The smallest absolute Gasteiger partial charge is 0.123 e. The fraction of sp³-hybridized carbons (Fsp3) is 0. The van der Waals surface area contributed by atoms with Gasteiger partial charge in [-0.2, -0.15) is 0 Å². The third-order valence-corrected chi connectivity index (χ3v) is 0.